The monoisotopic (exact) mass is 275 g/mol. The summed E-state index contributed by atoms with van der Waals surface area (Å²) in [6.45, 7) is 5.10. The highest BCUT2D eigenvalue weighted by Crippen LogP contribution is 2.24. The number of halogens is 1. The second kappa shape index (κ2) is 6.64. The van der Waals surface area contributed by atoms with Gasteiger partial charge >= 0.3 is 0 Å². The predicted molar refractivity (Wildman–Crippen MR) is 78.3 cm³/mol. The summed E-state index contributed by atoms with van der Waals surface area (Å²) in [7, 11) is 0. The number of rotatable bonds is 5. The molecule has 0 bridgehead atoms. The fourth-order valence-electron chi connectivity index (χ4n) is 2.20. The summed E-state index contributed by atoms with van der Waals surface area (Å²) < 4.78 is 0. The minimum atomic E-state index is 0.243. The number of hydrogen-bond acceptors (Lipinski definition) is 3. The third-order valence-electron chi connectivity index (χ3n) is 3.17. The van der Waals surface area contributed by atoms with Gasteiger partial charge in [-0.2, -0.15) is 0 Å². The fourth-order valence-corrected chi connectivity index (χ4v) is 2.40. The molecule has 2 rings (SSSR count). The summed E-state index contributed by atoms with van der Waals surface area (Å²) in [6, 6.07) is 4.29. The maximum Gasteiger partial charge on any atom is 0.0622 e. The first-order valence-electron chi connectivity index (χ1n) is 6.44. The molecule has 0 spiro atoms. The van der Waals surface area contributed by atoms with E-state index in [1.807, 2.05) is 18.5 Å². The van der Waals surface area contributed by atoms with E-state index in [4.69, 9.17) is 11.6 Å². The molecule has 19 heavy (non-hydrogen) atoms. The Labute approximate surface area is 119 Å². The Hall–Kier alpha value is -1.45. The van der Waals surface area contributed by atoms with E-state index in [1.165, 1.54) is 11.1 Å². The highest BCUT2D eigenvalue weighted by molar-refractivity contribution is 6.31. The molecule has 100 valence electrons. The van der Waals surface area contributed by atoms with E-state index in [0.29, 0.717) is 0 Å². The van der Waals surface area contributed by atoms with Crippen LogP contribution in [0.5, 0.6) is 0 Å². The minimum absolute atomic E-state index is 0.243. The largest absolute Gasteiger partial charge is 0.310 e. The first kappa shape index (κ1) is 14.0. The molecule has 1 atom stereocenters. The second-order valence-corrected chi connectivity index (χ2v) is 4.92. The first-order chi connectivity index (χ1) is 9.22. The molecule has 0 aliphatic carbocycles. The van der Waals surface area contributed by atoms with Gasteiger partial charge in [0.1, 0.15) is 0 Å². The van der Waals surface area contributed by atoms with Gasteiger partial charge in [0.2, 0.25) is 0 Å². The number of hydrogen-bond donors (Lipinski definition) is 1. The Bertz CT molecular complexity index is 542. The van der Waals surface area contributed by atoms with Crippen LogP contribution in [-0.2, 0) is 6.42 Å². The molecule has 2 aromatic rings. The summed E-state index contributed by atoms with van der Waals surface area (Å²) >= 11 is 6.19. The van der Waals surface area contributed by atoms with Gasteiger partial charge in [0.25, 0.3) is 0 Å². The zero-order chi connectivity index (χ0) is 13.7. The Morgan fingerprint density at radius 2 is 1.95 bits per heavy atom. The molecule has 2 heterocycles. The highest BCUT2D eigenvalue weighted by atomic mass is 35.5. The van der Waals surface area contributed by atoms with E-state index in [2.05, 4.69) is 35.2 Å². The van der Waals surface area contributed by atoms with Gasteiger partial charge in [-0.25, -0.2) is 0 Å². The molecule has 0 saturated carbocycles. The van der Waals surface area contributed by atoms with E-state index >= 15 is 0 Å². The summed E-state index contributed by atoms with van der Waals surface area (Å²) in [5.74, 6) is 0. The van der Waals surface area contributed by atoms with Crippen molar-refractivity contribution in [1.82, 2.24) is 15.3 Å². The van der Waals surface area contributed by atoms with E-state index in [9.17, 15) is 0 Å². The summed E-state index contributed by atoms with van der Waals surface area (Å²) in [5, 5.41) is 4.23. The van der Waals surface area contributed by atoms with Crippen molar-refractivity contribution in [2.24, 2.45) is 0 Å². The van der Waals surface area contributed by atoms with E-state index in [0.717, 1.165) is 23.6 Å². The maximum atomic E-state index is 6.19. The number of likely N-dealkylation sites (N-methyl/N-ethyl adjacent to an activating group) is 1. The lowest BCUT2D eigenvalue weighted by molar-refractivity contribution is 0.546. The molecule has 0 amide bonds. The smallest absolute Gasteiger partial charge is 0.0622 e. The van der Waals surface area contributed by atoms with Crippen LogP contribution in [0.25, 0.3) is 0 Å². The molecular formula is C15H18ClN3. The van der Waals surface area contributed by atoms with E-state index in [1.54, 1.807) is 12.4 Å². The lowest BCUT2D eigenvalue weighted by atomic mass is 9.97. The fraction of sp³-hybridized carbons (Fsp3) is 0.333. The standard InChI is InChI=1S/C15H18ClN3/c1-3-19-15(13-5-7-17-9-11(13)2)8-12-4-6-18-10-14(12)16/h4-7,9-10,15,19H,3,8H2,1-2H3. The predicted octanol–water partition coefficient (Wildman–Crippen LogP) is 3.33. The summed E-state index contributed by atoms with van der Waals surface area (Å²) in [6.07, 6.45) is 8.05. The highest BCUT2D eigenvalue weighted by Gasteiger charge is 2.14. The molecule has 1 unspecified atom stereocenters. The van der Waals surface area contributed by atoms with E-state index < -0.39 is 0 Å². The van der Waals surface area contributed by atoms with Gasteiger partial charge in [-0.1, -0.05) is 18.5 Å². The van der Waals surface area contributed by atoms with E-state index in [-0.39, 0.29) is 6.04 Å². The zero-order valence-electron chi connectivity index (χ0n) is 11.2. The molecule has 0 aliphatic heterocycles. The van der Waals surface area contributed by atoms with Crippen LogP contribution in [0, 0.1) is 6.92 Å². The van der Waals surface area contributed by atoms with Gasteiger partial charge in [0.15, 0.2) is 0 Å². The van der Waals surface area contributed by atoms with Crippen molar-refractivity contribution >= 4 is 11.6 Å². The summed E-state index contributed by atoms with van der Waals surface area (Å²) in [5.41, 5.74) is 3.57. The molecule has 0 saturated heterocycles. The Morgan fingerprint density at radius 3 is 2.63 bits per heavy atom. The van der Waals surface area contributed by atoms with Gasteiger partial charge in [0.05, 0.1) is 5.02 Å². The topological polar surface area (TPSA) is 37.8 Å². The number of aryl methyl sites for hydroxylation is 1. The third kappa shape index (κ3) is 3.52. The molecule has 1 N–H and O–H groups in total. The quantitative estimate of drug-likeness (QED) is 0.909. The minimum Gasteiger partial charge on any atom is -0.310 e. The van der Waals surface area contributed by atoms with Crippen LogP contribution in [-0.4, -0.2) is 16.5 Å². The number of nitrogens with zero attached hydrogens (tertiary/aromatic N) is 2. The normalized spacial score (nSPS) is 12.4. The lowest BCUT2D eigenvalue weighted by Crippen LogP contribution is -2.24. The van der Waals surface area contributed by atoms with Crippen molar-refractivity contribution in [2.45, 2.75) is 26.3 Å². The van der Waals surface area contributed by atoms with Crippen LogP contribution in [0.15, 0.2) is 36.9 Å². The number of pyridine rings is 2. The van der Waals surface area contributed by atoms with Crippen molar-refractivity contribution in [3.8, 4) is 0 Å². The van der Waals surface area contributed by atoms with Crippen molar-refractivity contribution < 1.29 is 0 Å². The van der Waals surface area contributed by atoms with Gasteiger partial charge in [0, 0.05) is 30.8 Å². The lowest BCUT2D eigenvalue weighted by Gasteiger charge is -2.20. The SMILES string of the molecule is CCNC(Cc1ccncc1Cl)c1ccncc1C. The van der Waals surface area contributed by atoms with Gasteiger partial charge in [-0.05, 0) is 48.7 Å². The molecule has 0 aromatic carbocycles. The molecule has 0 aliphatic rings. The Kier molecular flexibility index (Phi) is 4.88. The average Bonchev–Trinajstić information content (AvgIpc) is 2.41. The Morgan fingerprint density at radius 1 is 1.21 bits per heavy atom. The molecule has 0 fully saturated rings. The zero-order valence-corrected chi connectivity index (χ0v) is 12.0. The third-order valence-corrected chi connectivity index (χ3v) is 3.51. The molecular weight excluding hydrogens is 258 g/mol. The first-order valence-corrected chi connectivity index (χ1v) is 6.82. The summed E-state index contributed by atoms with van der Waals surface area (Å²) in [4.78, 5) is 8.17. The van der Waals surface area contributed by atoms with Crippen LogP contribution in [0.1, 0.15) is 29.7 Å². The van der Waals surface area contributed by atoms with Crippen molar-refractivity contribution in [3.05, 3.63) is 58.6 Å². The van der Waals surface area contributed by atoms with Gasteiger partial charge in [-0.15, -0.1) is 0 Å². The molecule has 0 radical (unpaired) electrons. The van der Waals surface area contributed by atoms with Crippen LogP contribution >= 0.6 is 11.6 Å². The second-order valence-electron chi connectivity index (χ2n) is 4.51. The molecule has 3 nitrogen and oxygen atoms in total. The maximum absolute atomic E-state index is 6.19. The van der Waals surface area contributed by atoms with Gasteiger partial charge in [-0.3, -0.25) is 9.97 Å². The van der Waals surface area contributed by atoms with Crippen molar-refractivity contribution in [1.29, 1.82) is 0 Å². The van der Waals surface area contributed by atoms with Crippen LogP contribution < -0.4 is 5.32 Å². The number of aromatic nitrogens is 2. The average molecular weight is 276 g/mol. The van der Waals surface area contributed by atoms with Crippen molar-refractivity contribution in [3.63, 3.8) is 0 Å². The van der Waals surface area contributed by atoms with Crippen molar-refractivity contribution in [2.75, 3.05) is 6.54 Å². The molecule has 2 aromatic heterocycles. The Balaban J connectivity index is 2.27. The van der Waals surface area contributed by atoms with Crippen LogP contribution in [0.4, 0.5) is 0 Å². The van der Waals surface area contributed by atoms with Crippen LogP contribution in [0.2, 0.25) is 5.02 Å². The molecule has 4 heteroatoms. The van der Waals surface area contributed by atoms with Crippen LogP contribution in [0.3, 0.4) is 0 Å². The number of nitrogens with one attached hydrogen (secondary N) is 1. The van der Waals surface area contributed by atoms with Gasteiger partial charge < -0.3 is 5.32 Å².